The number of benzene rings is 3. The van der Waals surface area contributed by atoms with Gasteiger partial charge in [0.25, 0.3) is 0 Å². The highest BCUT2D eigenvalue weighted by Crippen LogP contribution is 2.39. The minimum atomic E-state index is -0.204. The van der Waals surface area contributed by atoms with Gasteiger partial charge in [0, 0.05) is 0 Å². The molecule has 0 spiro atoms. The molecule has 0 N–H and O–H groups in total. The van der Waals surface area contributed by atoms with Gasteiger partial charge in [0.05, 0.1) is 23.2 Å². The number of hydrogen-bond donors (Lipinski definition) is 0. The normalized spacial score (nSPS) is 15.1. The lowest BCUT2D eigenvalue weighted by Gasteiger charge is -2.37. The number of fused-ring (bicyclic) bond motifs is 1. The summed E-state index contributed by atoms with van der Waals surface area (Å²) in [6.07, 6.45) is 0. The Hall–Kier alpha value is -3.65. The lowest BCUT2D eigenvalue weighted by Crippen LogP contribution is -2.42. The highest BCUT2D eigenvalue weighted by Gasteiger charge is 2.33. The van der Waals surface area contributed by atoms with Crippen LogP contribution in [-0.2, 0) is 4.79 Å². The largest absolute Gasteiger partial charge is 0.489 e. The van der Waals surface area contributed by atoms with Crippen molar-refractivity contribution in [3.8, 4) is 11.4 Å². The fraction of sp³-hybridized carbons (Fsp3) is 0.200. The molecule has 1 amide bonds. The first-order valence-corrected chi connectivity index (χ1v) is 11.7. The number of ether oxygens (including phenoxy) is 1. The van der Waals surface area contributed by atoms with Gasteiger partial charge in [-0.15, -0.1) is 5.10 Å². The third-order valence-electron chi connectivity index (χ3n) is 5.86. The van der Waals surface area contributed by atoms with Crippen molar-refractivity contribution >= 4 is 23.4 Å². The van der Waals surface area contributed by atoms with Crippen molar-refractivity contribution in [2.75, 3.05) is 17.3 Å². The van der Waals surface area contributed by atoms with E-state index in [0.29, 0.717) is 17.5 Å². The number of carbonyl (C=O) groups excluding carboxylic acids is 1. The van der Waals surface area contributed by atoms with Crippen molar-refractivity contribution in [2.45, 2.75) is 25.0 Å². The molecule has 2 heterocycles. The summed E-state index contributed by atoms with van der Waals surface area (Å²) in [5.41, 5.74) is 4.98. The minimum Gasteiger partial charge on any atom is -0.489 e. The van der Waals surface area contributed by atoms with Crippen LogP contribution < -0.4 is 9.64 Å². The molecule has 166 valence electrons. The van der Waals surface area contributed by atoms with Crippen molar-refractivity contribution < 1.29 is 9.53 Å². The molecular weight excluding hydrogens is 434 g/mol. The zero-order chi connectivity index (χ0) is 22.8. The summed E-state index contributed by atoms with van der Waals surface area (Å²) >= 11 is 1.33. The molecule has 1 aromatic heterocycles. The fourth-order valence-electron chi connectivity index (χ4n) is 4.00. The summed E-state index contributed by atoms with van der Waals surface area (Å²) in [6.45, 7) is 4.50. The maximum absolute atomic E-state index is 13.6. The lowest BCUT2D eigenvalue weighted by atomic mass is 10.0. The summed E-state index contributed by atoms with van der Waals surface area (Å²) in [6, 6.07) is 23.4. The average molecular weight is 458 g/mol. The van der Waals surface area contributed by atoms with Crippen LogP contribution in [0.25, 0.3) is 5.69 Å². The Morgan fingerprint density at radius 2 is 1.76 bits per heavy atom. The van der Waals surface area contributed by atoms with E-state index >= 15 is 0 Å². The van der Waals surface area contributed by atoms with Gasteiger partial charge >= 0.3 is 0 Å². The average Bonchev–Trinajstić information content (AvgIpc) is 3.32. The second-order valence-corrected chi connectivity index (χ2v) is 8.79. The Morgan fingerprint density at radius 3 is 2.61 bits per heavy atom. The molecule has 4 aromatic rings. The van der Waals surface area contributed by atoms with Crippen LogP contribution in [-0.4, -0.2) is 38.5 Å². The molecule has 33 heavy (non-hydrogen) atoms. The lowest BCUT2D eigenvalue weighted by molar-refractivity contribution is -0.117. The number of tetrazole rings is 1. The quantitative estimate of drug-likeness (QED) is 0.410. The second kappa shape index (κ2) is 9.07. The van der Waals surface area contributed by atoms with Crippen LogP contribution in [0.5, 0.6) is 5.75 Å². The van der Waals surface area contributed by atoms with Gasteiger partial charge < -0.3 is 4.74 Å². The fourth-order valence-corrected chi connectivity index (χ4v) is 4.74. The van der Waals surface area contributed by atoms with Crippen LogP contribution in [0.4, 0.5) is 5.69 Å². The van der Waals surface area contributed by atoms with Crippen LogP contribution in [0.15, 0.2) is 78.0 Å². The van der Waals surface area contributed by atoms with Gasteiger partial charge in [-0.25, -0.2) is 0 Å². The molecule has 0 aliphatic carbocycles. The second-order valence-electron chi connectivity index (χ2n) is 7.85. The Kier molecular flexibility index (Phi) is 5.83. The molecule has 1 atom stereocenters. The van der Waals surface area contributed by atoms with E-state index in [0.717, 1.165) is 28.1 Å². The van der Waals surface area contributed by atoms with E-state index in [9.17, 15) is 4.79 Å². The van der Waals surface area contributed by atoms with Crippen molar-refractivity contribution in [3.63, 3.8) is 0 Å². The molecule has 3 aromatic carbocycles. The van der Waals surface area contributed by atoms with Gasteiger partial charge in [0.2, 0.25) is 11.1 Å². The molecule has 0 radical (unpaired) electrons. The van der Waals surface area contributed by atoms with E-state index in [4.69, 9.17) is 4.74 Å². The van der Waals surface area contributed by atoms with E-state index < -0.39 is 0 Å². The minimum absolute atomic E-state index is 0.0277. The zero-order valence-electron chi connectivity index (χ0n) is 18.4. The molecule has 5 rings (SSSR count). The Labute approximate surface area is 196 Å². The molecular formula is C25H23N5O2S. The number of para-hydroxylation sites is 2. The number of rotatable bonds is 5. The van der Waals surface area contributed by atoms with E-state index in [1.54, 1.807) is 4.68 Å². The monoisotopic (exact) mass is 457 g/mol. The predicted molar refractivity (Wildman–Crippen MR) is 128 cm³/mol. The van der Waals surface area contributed by atoms with E-state index in [-0.39, 0.29) is 17.7 Å². The molecule has 0 saturated heterocycles. The molecule has 0 saturated carbocycles. The number of carbonyl (C=O) groups is 1. The van der Waals surface area contributed by atoms with Crippen LogP contribution in [0.1, 0.15) is 22.7 Å². The number of hydrogen-bond acceptors (Lipinski definition) is 6. The highest BCUT2D eigenvalue weighted by molar-refractivity contribution is 7.99. The molecule has 1 aliphatic rings. The molecule has 1 aliphatic heterocycles. The number of anilines is 1. The standard InChI is InChI=1S/C25H23N5O2S/c1-17-9-8-13-20(18(17)2)30-25(26-27-28-30)33-16-24(31)29-21-12-6-7-14-23(21)32-15-22(29)19-10-4-3-5-11-19/h3-14,22H,15-16H2,1-2H3. The van der Waals surface area contributed by atoms with Gasteiger partial charge in [-0.05, 0) is 59.2 Å². The maximum Gasteiger partial charge on any atom is 0.238 e. The Morgan fingerprint density at radius 1 is 1.00 bits per heavy atom. The first kappa shape index (κ1) is 21.2. The zero-order valence-corrected chi connectivity index (χ0v) is 19.2. The van der Waals surface area contributed by atoms with Crippen molar-refractivity contribution in [1.82, 2.24) is 20.2 Å². The Balaban J connectivity index is 1.42. The van der Waals surface area contributed by atoms with Crippen molar-refractivity contribution in [2.24, 2.45) is 0 Å². The predicted octanol–water partition coefficient (Wildman–Crippen LogP) is 4.54. The van der Waals surface area contributed by atoms with E-state index in [2.05, 4.69) is 28.5 Å². The van der Waals surface area contributed by atoms with Crippen LogP contribution in [0, 0.1) is 13.8 Å². The first-order chi connectivity index (χ1) is 16.1. The number of thioether (sulfide) groups is 1. The summed E-state index contributed by atoms with van der Waals surface area (Å²) in [5.74, 6) is 0.881. The molecule has 0 bridgehead atoms. The first-order valence-electron chi connectivity index (χ1n) is 10.7. The summed E-state index contributed by atoms with van der Waals surface area (Å²) < 4.78 is 7.68. The molecule has 7 nitrogen and oxygen atoms in total. The number of nitrogens with zero attached hydrogens (tertiary/aromatic N) is 5. The summed E-state index contributed by atoms with van der Waals surface area (Å²) in [7, 11) is 0. The van der Waals surface area contributed by atoms with Gasteiger partial charge in [0.15, 0.2) is 0 Å². The highest BCUT2D eigenvalue weighted by atomic mass is 32.2. The van der Waals surface area contributed by atoms with Gasteiger partial charge in [-0.3, -0.25) is 9.69 Å². The molecule has 0 fully saturated rings. The SMILES string of the molecule is Cc1cccc(-n2nnnc2SCC(=O)N2c3ccccc3OCC2c2ccccc2)c1C. The smallest absolute Gasteiger partial charge is 0.238 e. The van der Waals surface area contributed by atoms with Crippen LogP contribution >= 0.6 is 11.8 Å². The number of amides is 1. The van der Waals surface area contributed by atoms with Crippen molar-refractivity contribution in [1.29, 1.82) is 0 Å². The van der Waals surface area contributed by atoms with Crippen molar-refractivity contribution in [3.05, 3.63) is 89.5 Å². The number of aromatic nitrogens is 4. The summed E-state index contributed by atoms with van der Waals surface area (Å²) in [5, 5.41) is 12.8. The topological polar surface area (TPSA) is 73.1 Å². The number of aryl methyl sites for hydroxylation is 1. The third-order valence-corrected chi connectivity index (χ3v) is 6.76. The van der Waals surface area contributed by atoms with E-state index in [1.807, 2.05) is 78.6 Å². The van der Waals surface area contributed by atoms with Gasteiger partial charge in [-0.2, -0.15) is 4.68 Å². The van der Waals surface area contributed by atoms with E-state index in [1.165, 1.54) is 11.8 Å². The Bertz CT molecular complexity index is 1290. The van der Waals surface area contributed by atoms with Gasteiger partial charge in [-0.1, -0.05) is 66.4 Å². The van der Waals surface area contributed by atoms with Crippen LogP contribution in [0.2, 0.25) is 0 Å². The molecule has 8 heteroatoms. The van der Waals surface area contributed by atoms with Gasteiger partial charge in [0.1, 0.15) is 12.4 Å². The third kappa shape index (κ3) is 4.09. The maximum atomic E-state index is 13.6. The molecule has 1 unspecified atom stereocenters. The summed E-state index contributed by atoms with van der Waals surface area (Å²) in [4.78, 5) is 15.4. The van der Waals surface area contributed by atoms with Crippen LogP contribution in [0.3, 0.4) is 0 Å².